The molecule has 2 N–H and O–H groups in total. The number of aryl methyl sites for hydroxylation is 2. The zero-order chi connectivity index (χ0) is 12.6. The molecule has 0 fully saturated rings. The van der Waals surface area contributed by atoms with Crippen molar-refractivity contribution in [3.05, 3.63) is 47.0 Å². The lowest BCUT2D eigenvalue weighted by Gasteiger charge is -2.12. The van der Waals surface area contributed by atoms with Gasteiger partial charge in [-0.2, -0.15) is 0 Å². The summed E-state index contributed by atoms with van der Waals surface area (Å²) in [5.74, 6) is 0.282. The number of benzene rings is 2. The minimum absolute atomic E-state index is 0.121. The van der Waals surface area contributed by atoms with Crippen molar-refractivity contribution in [2.75, 3.05) is 0 Å². The number of hydrogen-bond acceptors (Lipinski definition) is 2. The lowest BCUT2D eigenvalue weighted by molar-refractivity contribution is 0.450. The quantitative estimate of drug-likeness (QED) is 0.781. The average molecular weight is 228 g/mol. The van der Waals surface area contributed by atoms with Crippen molar-refractivity contribution in [2.24, 2.45) is 0 Å². The summed E-state index contributed by atoms with van der Waals surface area (Å²) in [5, 5.41) is 20.1. The molecule has 0 unspecified atom stereocenters. The Balaban J connectivity index is 2.72. The molecule has 0 spiro atoms. The van der Waals surface area contributed by atoms with Gasteiger partial charge in [-0.3, -0.25) is 0 Å². The van der Waals surface area contributed by atoms with Crippen LogP contribution in [-0.4, -0.2) is 10.2 Å². The van der Waals surface area contributed by atoms with E-state index in [1.54, 1.807) is 6.07 Å². The van der Waals surface area contributed by atoms with Crippen LogP contribution < -0.4 is 0 Å². The Morgan fingerprint density at radius 1 is 0.941 bits per heavy atom. The summed E-state index contributed by atoms with van der Waals surface area (Å²) >= 11 is 0. The third-order valence-electron chi connectivity index (χ3n) is 3.10. The summed E-state index contributed by atoms with van der Waals surface area (Å²) in [6.45, 7) is 5.71. The predicted octanol–water partition coefficient (Wildman–Crippen LogP) is 3.69. The van der Waals surface area contributed by atoms with Gasteiger partial charge in [0, 0.05) is 0 Å². The van der Waals surface area contributed by atoms with Crippen LogP contribution in [0.3, 0.4) is 0 Å². The van der Waals surface area contributed by atoms with Crippen LogP contribution in [0.25, 0.3) is 11.1 Å². The normalized spacial score (nSPS) is 10.5. The SMILES string of the molecule is Cc1cccc(-c2c(O)cc(C)c(C)c2O)c1. The highest BCUT2D eigenvalue weighted by molar-refractivity contribution is 5.78. The molecule has 0 heterocycles. The van der Waals surface area contributed by atoms with Crippen LogP contribution in [0.4, 0.5) is 0 Å². The predicted molar refractivity (Wildman–Crippen MR) is 69.4 cm³/mol. The van der Waals surface area contributed by atoms with Gasteiger partial charge < -0.3 is 10.2 Å². The maximum absolute atomic E-state index is 10.1. The maximum atomic E-state index is 10.1. The largest absolute Gasteiger partial charge is 0.507 e. The van der Waals surface area contributed by atoms with Crippen molar-refractivity contribution in [3.8, 4) is 22.6 Å². The summed E-state index contributed by atoms with van der Waals surface area (Å²) in [5.41, 5.74) is 4.13. The summed E-state index contributed by atoms with van der Waals surface area (Å²) in [7, 11) is 0. The van der Waals surface area contributed by atoms with Gasteiger partial charge in [0.05, 0.1) is 5.56 Å². The first-order valence-corrected chi connectivity index (χ1v) is 5.60. The molecule has 0 amide bonds. The first-order valence-electron chi connectivity index (χ1n) is 5.60. The molecule has 0 aliphatic carbocycles. The highest BCUT2D eigenvalue weighted by atomic mass is 16.3. The molecule has 17 heavy (non-hydrogen) atoms. The molecule has 0 atom stereocenters. The maximum Gasteiger partial charge on any atom is 0.130 e. The molecule has 0 saturated carbocycles. The molecule has 0 aliphatic heterocycles. The smallest absolute Gasteiger partial charge is 0.130 e. The molecular formula is C15H16O2. The Hall–Kier alpha value is -1.96. The molecule has 0 bridgehead atoms. The molecule has 88 valence electrons. The Morgan fingerprint density at radius 2 is 1.65 bits per heavy atom. The van der Waals surface area contributed by atoms with E-state index in [0.29, 0.717) is 5.56 Å². The van der Waals surface area contributed by atoms with Crippen LogP contribution in [0.5, 0.6) is 11.5 Å². The second-order valence-electron chi connectivity index (χ2n) is 4.43. The Morgan fingerprint density at radius 3 is 2.29 bits per heavy atom. The highest BCUT2D eigenvalue weighted by Gasteiger charge is 2.14. The van der Waals surface area contributed by atoms with E-state index in [0.717, 1.165) is 22.3 Å². The van der Waals surface area contributed by atoms with Gasteiger partial charge in [0.25, 0.3) is 0 Å². The van der Waals surface area contributed by atoms with Gasteiger partial charge in [0.1, 0.15) is 11.5 Å². The van der Waals surface area contributed by atoms with Crippen LogP contribution >= 0.6 is 0 Å². The monoisotopic (exact) mass is 228 g/mol. The molecule has 2 rings (SSSR count). The molecule has 0 aromatic heterocycles. The number of hydrogen-bond donors (Lipinski definition) is 2. The third-order valence-corrected chi connectivity index (χ3v) is 3.10. The van der Waals surface area contributed by atoms with Crippen molar-refractivity contribution in [3.63, 3.8) is 0 Å². The van der Waals surface area contributed by atoms with Crippen LogP contribution in [0, 0.1) is 20.8 Å². The lowest BCUT2D eigenvalue weighted by atomic mass is 9.96. The molecule has 0 aliphatic rings. The van der Waals surface area contributed by atoms with Crippen LogP contribution in [-0.2, 0) is 0 Å². The van der Waals surface area contributed by atoms with Crippen LogP contribution in [0.15, 0.2) is 30.3 Å². The van der Waals surface area contributed by atoms with Crippen molar-refractivity contribution in [2.45, 2.75) is 20.8 Å². The van der Waals surface area contributed by atoms with Crippen molar-refractivity contribution in [1.29, 1.82) is 0 Å². The van der Waals surface area contributed by atoms with Gasteiger partial charge in [0.2, 0.25) is 0 Å². The lowest BCUT2D eigenvalue weighted by Crippen LogP contribution is -1.88. The van der Waals surface area contributed by atoms with Gasteiger partial charge in [-0.25, -0.2) is 0 Å². The third kappa shape index (κ3) is 1.98. The Bertz CT molecular complexity index is 571. The fraction of sp³-hybridized carbons (Fsp3) is 0.200. The van der Waals surface area contributed by atoms with Crippen LogP contribution in [0.2, 0.25) is 0 Å². The standard InChI is InChI=1S/C15H16O2/c1-9-5-4-6-12(7-9)14-13(16)8-10(2)11(3)15(14)17/h4-8,16-17H,1-3H3. The van der Waals surface area contributed by atoms with E-state index < -0.39 is 0 Å². The number of rotatable bonds is 1. The van der Waals surface area contributed by atoms with E-state index in [9.17, 15) is 10.2 Å². The molecular weight excluding hydrogens is 212 g/mol. The van der Waals surface area contributed by atoms with Crippen molar-refractivity contribution >= 4 is 0 Å². The van der Waals surface area contributed by atoms with E-state index in [1.165, 1.54) is 0 Å². The molecule has 2 nitrogen and oxygen atoms in total. The summed E-state index contributed by atoms with van der Waals surface area (Å²) < 4.78 is 0. The van der Waals surface area contributed by atoms with Crippen molar-refractivity contribution in [1.82, 2.24) is 0 Å². The fourth-order valence-corrected chi connectivity index (χ4v) is 1.97. The fourth-order valence-electron chi connectivity index (χ4n) is 1.97. The van der Waals surface area contributed by atoms with E-state index in [1.807, 2.05) is 45.0 Å². The second-order valence-corrected chi connectivity index (χ2v) is 4.43. The van der Waals surface area contributed by atoms with Gasteiger partial charge in [-0.05, 0) is 43.5 Å². The highest BCUT2D eigenvalue weighted by Crippen LogP contribution is 2.40. The average Bonchev–Trinajstić information content (AvgIpc) is 2.26. The Kier molecular flexibility index (Phi) is 2.80. The topological polar surface area (TPSA) is 40.5 Å². The van der Waals surface area contributed by atoms with E-state index in [-0.39, 0.29) is 11.5 Å². The summed E-state index contributed by atoms with van der Waals surface area (Å²) in [6, 6.07) is 9.42. The van der Waals surface area contributed by atoms with Gasteiger partial charge in [-0.15, -0.1) is 0 Å². The van der Waals surface area contributed by atoms with E-state index in [2.05, 4.69) is 0 Å². The van der Waals surface area contributed by atoms with E-state index >= 15 is 0 Å². The van der Waals surface area contributed by atoms with Gasteiger partial charge in [0.15, 0.2) is 0 Å². The summed E-state index contributed by atoms with van der Waals surface area (Å²) in [6.07, 6.45) is 0. The number of aromatic hydroxyl groups is 2. The molecule has 0 radical (unpaired) electrons. The molecule has 2 heteroatoms. The molecule has 0 saturated heterocycles. The minimum atomic E-state index is 0.121. The van der Waals surface area contributed by atoms with Gasteiger partial charge >= 0.3 is 0 Å². The molecule has 2 aromatic carbocycles. The van der Waals surface area contributed by atoms with E-state index in [4.69, 9.17) is 0 Å². The Labute approximate surface area is 101 Å². The number of phenolic OH excluding ortho intramolecular Hbond substituents is 2. The number of phenols is 2. The first-order chi connectivity index (χ1) is 8.00. The zero-order valence-corrected chi connectivity index (χ0v) is 10.3. The zero-order valence-electron chi connectivity index (χ0n) is 10.3. The van der Waals surface area contributed by atoms with Crippen LogP contribution in [0.1, 0.15) is 16.7 Å². The molecule has 2 aromatic rings. The summed E-state index contributed by atoms with van der Waals surface area (Å²) in [4.78, 5) is 0. The second kappa shape index (κ2) is 4.13. The van der Waals surface area contributed by atoms with Gasteiger partial charge in [-0.1, -0.05) is 29.8 Å². The minimum Gasteiger partial charge on any atom is -0.507 e. The first kappa shape index (κ1) is 11.5. The van der Waals surface area contributed by atoms with Crippen molar-refractivity contribution < 1.29 is 10.2 Å².